The molecule has 7 heteroatoms. The lowest BCUT2D eigenvalue weighted by atomic mass is 10.0. The van der Waals surface area contributed by atoms with Gasteiger partial charge >= 0.3 is 5.97 Å². The largest absolute Gasteiger partial charge is 0.465 e. The van der Waals surface area contributed by atoms with Gasteiger partial charge in [-0.2, -0.15) is 0 Å². The van der Waals surface area contributed by atoms with Gasteiger partial charge in [-0.1, -0.05) is 0 Å². The molecular weight excluding hydrogens is 373 g/mol. The van der Waals surface area contributed by atoms with Crippen LogP contribution in [0.25, 0.3) is 28.6 Å². The number of methoxy groups -OCH3 is 1. The van der Waals surface area contributed by atoms with Crippen LogP contribution in [0.1, 0.15) is 40.9 Å². The van der Waals surface area contributed by atoms with Gasteiger partial charge in [0.25, 0.3) is 0 Å². The van der Waals surface area contributed by atoms with Crippen LogP contribution in [0.2, 0.25) is 0 Å². The summed E-state index contributed by atoms with van der Waals surface area (Å²) in [6, 6.07) is 7.35. The van der Waals surface area contributed by atoms with Crippen LogP contribution in [0.4, 0.5) is 10.2 Å². The molecule has 0 amide bonds. The summed E-state index contributed by atoms with van der Waals surface area (Å²) in [7, 11) is 3.34. The van der Waals surface area contributed by atoms with E-state index in [1.54, 1.807) is 18.2 Å². The number of nitrogens with zero attached hydrogens (tertiary/aromatic N) is 3. The maximum absolute atomic E-state index is 13.7. The van der Waals surface area contributed by atoms with Gasteiger partial charge in [0.05, 0.1) is 23.7 Å². The first-order valence-electron chi connectivity index (χ1n) is 9.65. The molecule has 5 rings (SSSR count). The lowest BCUT2D eigenvalue weighted by Gasteiger charge is -2.20. The molecule has 0 unspecified atom stereocenters. The number of carbonyl (C=O) groups excluding carboxylic acids is 1. The molecule has 29 heavy (non-hydrogen) atoms. The van der Waals surface area contributed by atoms with E-state index in [0.717, 1.165) is 24.2 Å². The Kier molecular flexibility index (Phi) is 4.12. The van der Waals surface area contributed by atoms with Gasteiger partial charge in [0.15, 0.2) is 11.6 Å². The molecule has 0 atom stereocenters. The number of carbonyl (C=O) groups is 1. The third-order valence-electron chi connectivity index (χ3n) is 5.47. The van der Waals surface area contributed by atoms with Gasteiger partial charge in [0, 0.05) is 31.5 Å². The Morgan fingerprint density at radius 3 is 2.79 bits per heavy atom. The molecule has 0 N–H and O–H groups in total. The van der Waals surface area contributed by atoms with Crippen molar-refractivity contribution in [3.63, 3.8) is 0 Å². The summed E-state index contributed by atoms with van der Waals surface area (Å²) in [5.41, 5.74) is 3.07. The van der Waals surface area contributed by atoms with E-state index in [-0.39, 0.29) is 5.83 Å². The third-order valence-corrected chi connectivity index (χ3v) is 5.47. The zero-order chi connectivity index (χ0) is 20.1. The summed E-state index contributed by atoms with van der Waals surface area (Å²) in [5, 5.41) is 0. The molecule has 2 heterocycles. The number of rotatable bonds is 4. The average Bonchev–Trinajstić information content (AvgIpc) is 3.50. The molecule has 2 aromatic heterocycles. The highest BCUT2D eigenvalue weighted by atomic mass is 19.1. The predicted octanol–water partition coefficient (Wildman–Crippen LogP) is 4.53. The van der Waals surface area contributed by atoms with Crippen LogP contribution in [0.15, 0.2) is 34.5 Å². The minimum atomic E-state index is -0.414. The van der Waals surface area contributed by atoms with E-state index in [1.165, 1.54) is 13.2 Å². The van der Waals surface area contributed by atoms with Gasteiger partial charge in [0.1, 0.15) is 17.3 Å². The number of furan rings is 1. The van der Waals surface area contributed by atoms with Crippen molar-refractivity contribution in [1.82, 2.24) is 9.97 Å². The van der Waals surface area contributed by atoms with E-state index in [4.69, 9.17) is 19.1 Å². The van der Waals surface area contributed by atoms with Crippen molar-refractivity contribution in [2.45, 2.75) is 31.7 Å². The fourth-order valence-corrected chi connectivity index (χ4v) is 3.69. The third kappa shape index (κ3) is 3.16. The van der Waals surface area contributed by atoms with Crippen LogP contribution < -0.4 is 4.90 Å². The highest BCUT2D eigenvalue weighted by molar-refractivity contribution is 5.94. The fourth-order valence-electron chi connectivity index (χ4n) is 3.69. The molecule has 0 saturated heterocycles. The monoisotopic (exact) mass is 393 g/mol. The lowest BCUT2D eigenvalue weighted by Crippen LogP contribution is -2.22. The maximum Gasteiger partial charge on any atom is 0.337 e. The molecule has 148 valence electrons. The Bertz CT molecular complexity index is 1160. The van der Waals surface area contributed by atoms with Crippen LogP contribution in [-0.2, 0) is 11.2 Å². The van der Waals surface area contributed by atoms with Crippen molar-refractivity contribution in [2.75, 3.05) is 19.1 Å². The van der Waals surface area contributed by atoms with Crippen molar-refractivity contribution in [3.05, 3.63) is 47.0 Å². The van der Waals surface area contributed by atoms with E-state index in [9.17, 15) is 9.18 Å². The van der Waals surface area contributed by atoms with Crippen LogP contribution in [-0.4, -0.2) is 36.1 Å². The summed E-state index contributed by atoms with van der Waals surface area (Å²) in [4.78, 5) is 23.6. The quantitative estimate of drug-likeness (QED) is 0.607. The number of benzene rings is 1. The van der Waals surface area contributed by atoms with E-state index in [2.05, 4.69) is 4.90 Å². The minimum Gasteiger partial charge on any atom is -0.465 e. The Hall–Kier alpha value is -3.22. The first kappa shape index (κ1) is 17.8. The fraction of sp³-hybridized carbons (Fsp3) is 0.318. The number of allylic oxidation sites excluding steroid dienone is 1. The number of aryl methyl sites for hydroxylation is 1. The maximum atomic E-state index is 13.7. The Morgan fingerprint density at radius 2 is 2.03 bits per heavy atom. The number of ether oxygens (including phenoxy) is 1. The highest BCUT2D eigenvalue weighted by Gasteiger charge is 2.31. The van der Waals surface area contributed by atoms with Crippen LogP contribution in [0, 0.1) is 0 Å². The molecule has 2 aliphatic rings. The molecule has 1 fully saturated rings. The van der Waals surface area contributed by atoms with Crippen molar-refractivity contribution < 1.29 is 18.3 Å². The summed E-state index contributed by atoms with van der Waals surface area (Å²) in [6.45, 7) is 0. The number of anilines is 1. The Labute approximate surface area is 167 Å². The SMILES string of the molecule is COC(=O)c1ccc2nc(-c3cc4c(o3)CCC(F)=C4)c(N(C)C3CC3)nc2c1. The van der Waals surface area contributed by atoms with Gasteiger partial charge in [-0.3, -0.25) is 0 Å². The molecule has 1 saturated carbocycles. The predicted molar refractivity (Wildman–Crippen MR) is 107 cm³/mol. The molecule has 0 spiro atoms. The van der Waals surface area contributed by atoms with Crippen molar-refractivity contribution in [3.8, 4) is 11.5 Å². The molecule has 1 aromatic carbocycles. The van der Waals surface area contributed by atoms with Gasteiger partial charge in [-0.15, -0.1) is 0 Å². The van der Waals surface area contributed by atoms with Crippen molar-refractivity contribution in [1.29, 1.82) is 0 Å². The number of hydrogen-bond donors (Lipinski definition) is 0. The van der Waals surface area contributed by atoms with Crippen LogP contribution in [0.5, 0.6) is 0 Å². The number of esters is 1. The molecule has 0 aliphatic heterocycles. The lowest BCUT2D eigenvalue weighted by molar-refractivity contribution is 0.0601. The minimum absolute atomic E-state index is 0.139. The average molecular weight is 393 g/mol. The summed E-state index contributed by atoms with van der Waals surface area (Å²) in [6.07, 6.45) is 4.61. The molecular formula is C22H20FN3O3. The van der Waals surface area contributed by atoms with Crippen molar-refractivity contribution >= 4 is 28.9 Å². The highest BCUT2D eigenvalue weighted by Crippen LogP contribution is 2.38. The summed E-state index contributed by atoms with van der Waals surface area (Å²) in [5.74, 6) is 1.49. The van der Waals surface area contributed by atoms with Crippen LogP contribution >= 0.6 is 0 Å². The van der Waals surface area contributed by atoms with Gasteiger partial charge in [-0.25, -0.2) is 19.2 Å². The molecule has 2 aliphatic carbocycles. The number of hydrogen-bond acceptors (Lipinski definition) is 6. The first-order valence-corrected chi connectivity index (χ1v) is 9.65. The topological polar surface area (TPSA) is 68.5 Å². The number of aromatic nitrogens is 2. The van der Waals surface area contributed by atoms with Crippen molar-refractivity contribution in [2.24, 2.45) is 0 Å². The zero-order valence-corrected chi connectivity index (χ0v) is 16.2. The van der Waals surface area contributed by atoms with E-state index in [0.29, 0.717) is 52.8 Å². The second-order valence-corrected chi connectivity index (χ2v) is 7.51. The first-order chi connectivity index (χ1) is 14.0. The van der Waals surface area contributed by atoms with Crippen LogP contribution in [0.3, 0.4) is 0 Å². The van der Waals surface area contributed by atoms with E-state index in [1.807, 2.05) is 13.1 Å². The van der Waals surface area contributed by atoms with E-state index >= 15 is 0 Å². The number of halogens is 1. The molecule has 0 radical (unpaired) electrons. The molecule has 0 bridgehead atoms. The normalized spacial score (nSPS) is 15.8. The Balaban J connectivity index is 1.67. The number of fused-ring (bicyclic) bond motifs is 2. The van der Waals surface area contributed by atoms with Gasteiger partial charge < -0.3 is 14.1 Å². The smallest absolute Gasteiger partial charge is 0.337 e. The van der Waals surface area contributed by atoms with E-state index < -0.39 is 5.97 Å². The Morgan fingerprint density at radius 1 is 1.21 bits per heavy atom. The summed E-state index contributed by atoms with van der Waals surface area (Å²) >= 11 is 0. The van der Waals surface area contributed by atoms with Gasteiger partial charge in [-0.05, 0) is 43.2 Å². The zero-order valence-electron chi connectivity index (χ0n) is 16.2. The molecule has 6 nitrogen and oxygen atoms in total. The second kappa shape index (κ2) is 6.69. The van der Waals surface area contributed by atoms with Gasteiger partial charge in [0.2, 0.25) is 0 Å². The summed E-state index contributed by atoms with van der Waals surface area (Å²) < 4.78 is 24.5. The second-order valence-electron chi connectivity index (χ2n) is 7.51. The molecule has 3 aromatic rings. The standard InChI is InChI=1S/C22H20FN3O3/c1-26(15-5-6-15)21-20(19-11-13-9-14(23)4-8-18(13)29-19)24-16-7-3-12(22(27)28-2)10-17(16)25-21/h3,7,9-11,15H,4-6,8H2,1-2H3.